The molecule has 0 aromatic heterocycles. The molecule has 6 heteroatoms. The van der Waals surface area contributed by atoms with Crippen LogP contribution in [0.3, 0.4) is 0 Å². The summed E-state index contributed by atoms with van der Waals surface area (Å²) < 4.78 is 16.8. The van der Waals surface area contributed by atoms with Crippen molar-refractivity contribution in [2.45, 2.75) is 316 Å². The molecule has 0 saturated heterocycles. The number of unbranched alkanes of at least 4 members (excludes halogenated alkanes) is 31. The Bertz CT molecular complexity index is 1490. The van der Waals surface area contributed by atoms with Crippen molar-refractivity contribution in [3.63, 3.8) is 0 Å². The summed E-state index contributed by atoms with van der Waals surface area (Å²) in [5.74, 6) is -0.998. The van der Waals surface area contributed by atoms with Crippen LogP contribution in [-0.2, 0) is 28.6 Å². The van der Waals surface area contributed by atoms with Gasteiger partial charge in [-0.15, -0.1) is 0 Å². The van der Waals surface area contributed by atoms with Crippen molar-refractivity contribution in [3.05, 3.63) is 97.2 Å². The number of esters is 3. The van der Waals surface area contributed by atoms with Gasteiger partial charge in [0.1, 0.15) is 13.2 Å². The molecule has 0 radical (unpaired) electrons. The van der Waals surface area contributed by atoms with Crippen molar-refractivity contribution in [2.75, 3.05) is 13.2 Å². The summed E-state index contributed by atoms with van der Waals surface area (Å²) in [5.41, 5.74) is 0. The number of allylic oxidation sites excluding steroid dienone is 16. The molecule has 76 heavy (non-hydrogen) atoms. The van der Waals surface area contributed by atoms with Crippen LogP contribution < -0.4 is 0 Å². The van der Waals surface area contributed by atoms with E-state index in [0.717, 1.165) is 96.3 Å². The summed E-state index contributed by atoms with van der Waals surface area (Å²) in [6, 6.07) is 0. The monoisotopic (exact) mass is 1060 g/mol. The van der Waals surface area contributed by atoms with E-state index in [1.54, 1.807) is 0 Å². The van der Waals surface area contributed by atoms with Crippen LogP contribution in [-0.4, -0.2) is 37.2 Å². The first-order chi connectivity index (χ1) is 37.5. The van der Waals surface area contributed by atoms with Crippen LogP contribution in [0, 0.1) is 0 Å². The van der Waals surface area contributed by atoms with E-state index in [1.807, 2.05) is 6.08 Å². The zero-order chi connectivity index (χ0) is 55.0. The largest absolute Gasteiger partial charge is 0.462 e. The second kappa shape index (κ2) is 63.9. The average molecular weight is 1060 g/mol. The first-order valence-electron chi connectivity index (χ1n) is 32.2. The van der Waals surface area contributed by atoms with Crippen molar-refractivity contribution in [1.82, 2.24) is 0 Å². The van der Waals surface area contributed by atoms with Gasteiger partial charge in [-0.2, -0.15) is 0 Å². The fourth-order valence-corrected chi connectivity index (χ4v) is 9.00. The van der Waals surface area contributed by atoms with Gasteiger partial charge in [-0.3, -0.25) is 14.4 Å². The third-order valence-corrected chi connectivity index (χ3v) is 13.8. The van der Waals surface area contributed by atoms with E-state index >= 15 is 0 Å². The highest BCUT2D eigenvalue weighted by atomic mass is 16.6. The van der Waals surface area contributed by atoms with Crippen LogP contribution in [0.4, 0.5) is 0 Å². The lowest BCUT2D eigenvalue weighted by Gasteiger charge is -2.18. The Morgan fingerprint density at radius 2 is 0.566 bits per heavy atom. The van der Waals surface area contributed by atoms with Gasteiger partial charge in [0.2, 0.25) is 0 Å². The maximum Gasteiger partial charge on any atom is 0.306 e. The Hall–Kier alpha value is -3.67. The van der Waals surface area contributed by atoms with Gasteiger partial charge in [0.25, 0.3) is 0 Å². The smallest absolute Gasteiger partial charge is 0.306 e. The Labute approximate surface area is 470 Å². The molecule has 0 amide bonds. The summed E-state index contributed by atoms with van der Waals surface area (Å²) in [6.07, 6.45) is 86.0. The molecule has 0 aromatic rings. The molecular weight excluding hydrogens is 937 g/mol. The van der Waals surface area contributed by atoms with Gasteiger partial charge in [0.05, 0.1) is 0 Å². The first kappa shape index (κ1) is 72.3. The minimum Gasteiger partial charge on any atom is -0.462 e. The van der Waals surface area contributed by atoms with E-state index < -0.39 is 12.1 Å². The molecule has 0 N–H and O–H groups in total. The third-order valence-electron chi connectivity index (χ3n) is 13.8. The van der Waals surface area contributed by atoms with E-state index in [1.165, 1.54) is 167 Å². The molecular formula is C70H120O6. The Morgan fingerprint density at radius 1 is 0.276 bits per heavy atom. The Morgan fingerprint density at radius 3 is 0.908 bits per heavy atom. The number of carbonyl (C=O) groups is 3. The van der Waals surface area contributed by atoms with E-state index in [0.29, 0.717) is 19.3 Å². The van der Waals surface area contributed by atoms with Gasteiger partial charge >= 0.3 is 17.9 Å². The maximum absolute atomic E-state index is 12.8. The SMILES string of the molecule is CC/C=C\C/C=C\C/C=C\C/C=C\C/C=C\C/C=C\CCC(=O)OC(COC(=O)CCCCCCC/C=C\CCC)COC(=O)CCCCCCCCCCCCCCCCCCC/C=C\CCCCCCCCCC. The number of rotatable bonds is 58. The van der Waals surface area contributed by atoms with Crippen molar-refractivity contribution >= 4 is 17.9 Å². The molecule has 1 unspecified atom stereocenters. The van der Waals surface area contributed by atoms with Crippen LogP contribution >= 0.6 is 0 Å². The van der Waals surface area contributed by atoms with Gasteiger partial charge in [-0.1, -0.05) is 285 Å². The van der Waals surface area contributed by atoms with E-state index in [4.69, 9.17) is 14.2 Å². The van der Waals surface area contributed by atoms with Crippen LogP contribution in [0.5, 0.6) is 0 Å². The zero-order valence-corrected chi connectivity index (χ0v) is 50.0. The summed E-state index contributed by atoms with van der Waals surface area (Å²) >= 11 is 0. The molecule has 0 fully saturated rings. The molecule has 0 heterocycles. The van der Waals surface area contributed by atoms with Crippen LogP contribution in [0.15, 0.2) is 97.2 Å². The fourth-order valence-electron chi connectivity index (χ4n) is 9.00. The molecule has 0 aromatic carbocycles. The lowest BCUT2D eigenvalue weighted by atomic mass is 10.0. The highest BCUT2D eigenvalue weighted by Crippen LogP contribution is 2.16. The predicted molar refractivity (Wildman–Crippen MR) is 330 cm³/mol. The normalized spacial score (nSPS) is 12.7. The van der Waals surface area contributed by atoms with Crippen molar-refractivity contribution in [3.8, 4) is 0 Å². The van der Waals surface area contributed by atoms with E-state index in [2.05, 4.69) is 112 Å². The van der Waals surface area contributed by atoms with Crippen molar-refractivity contribution in [1.29, 1.82) is 0 Å². The van der Waals surface area contributed by atoms with Crippen molar-refractivity contribution < 1.29 is 28.6 Å². The molecule has 0 aliphatic carbocycles. The maximum atomic E-state index is 12.8. The standard InChI is InChI=1S/C70H120O6/c1-4-7-10-13-16-19-22-24-26-28-30-31-32-33-34-35-36-37-38-39-41-42-44-46-48-51-54-57-60-63-69(72)75-66-67(65-74-68(71)62-59-56-53-50-21-18-15-12-9-6-3)76-70(73)64-61-58-55-52-49-47-45-43-40-29-27-25-23-20-17-14-11-8-5-2/h8,11-12,15,17,20,25,27-28,30,40,43,47,49,55,58,67H,4-7,9-10,13-14,16,18-19,21-24,26,29,31-39,41-42,44-46,48,50-54,56-57,59-66H2,1-3H3/b11-8-,15-12-,20-17-,27-25-,30-28-,43-40-,49-47-,58-55-. The van der Waals surface area contributed by atoms with E-state index in [-0.39, 0.29) is 31.6 Å². The van der Waals surface area contributed by atoms with Gasteiger partial charge in [0, 0.05) is 19.3 Å². The highest BCUT2D eigenvalue weighted by Gasteiger charge is 2.19. The molecule has 6 nitrogen and oxygen atoms in total. The van der Waals surface area contributed by atoms with Crippen LogP contribution in [0.2, 0.25) is 0 Å². The van der Waals surface area contributed by atoms with Crippen molar-refractivity contribution in [2.24, 2.45) is 0 Å². The lowest BCUT2D eigenvalue weighted by Crippen LogP contribution is -2.30. The highest BCUT2D eigenvalue weighted by molar-refractivity contribution is 5.71. The number of carbonyl (C=O) groups excluding carboxylic acids is 3. The quantitative estimate of drug-likeness (QED) is 0.0261. The second-order valence-corrected chi connectivity index (χ2v) is 21.3. The first-order valence-corrected chi connectivity index (χ1v) is 32.2. The molecule has 0 rings (SSSR count). The summed E-state index contributed by atoms with van der Waals surface area (Å²) in [5, 5.41) is 0. The molecule has 0 saturated carbocycles. The third kappa shape index (κ3) is 61.2. The average Bonchev–Trinajstić information content (AvgIpc) is 3.42. The number of hydrogen-bond donors (Lipinski definition) is 0. The summed E-state index contributed by atoms with van der Waals surface area (Å²) in [6.45, 7) is 6.42. The van der Waals surface area contributed by atoms with Gasteiger partial charge < -0.3 is 14.2 Å². The molecule has 0 aliphatic heterocycles. The lowest BCUT2D eigenvalue weighted by molar-refractivity contribution is -0.166. The zero-order valence-electron chi connectivity index (χ0n) is 50.0. The fraction of sp³-hybridized carbons (Fsp3) is 0.729. The second-order valence-electron chi connectivity index (χ2n) is 21.3. The number of ether oxygens (including phenoxy) is 3. The molecule has 1 atom stereocenters. The topological polar surface area (TPSA) is 78.9 Å². The summed E-state index contributed by atoms with van der Waals surface area (Å²) in [4.78, 5) is 38.1. The number of hydrogen-bond acceptors (Lipinski definition) is 6. The van der Waals surface area contributed by atoms with Gasteiger partial charge in [0.15, 0.2) is 6.10 Å². The minimum atomic E-state index is -0.821. The van der Waals surface area contributed by atoms with Crippen LogP contribution in [0.1, 0.15) is 310 Å². The van der Waals surface area contributed by atoms with Gasteiger partial charge in [-0.25, -0.2) is 0 Å². The minimum absolute atomic E-state index is 0.109. The molecule has 0 bridgehead atoms. The molecule has 0 spiro atoms. The van der Waals surface area contributed by atoms with Crippen LogP contribution in [0.25, 0.3) is 0 Å². The van der Waals surface area contributed by atoms with E-state index in [9.17, 15) is 14.4 Å². The molecule has 0 aliphatic rings. The van der Waals surface area contributed by atoms with Gasteiger partial charge in [-0.05, 0) is 103 Å². The summed E-state index contributed by atoms with van der Waals surface area (Å²) in [7, 11) is 0. The predicted octanol–water partition coefficient (Wildman–Crippen LogP) is 22.0. The Kier molecular flexibility index (Phi) is 60.8. The Balaban J connectivity index is 4.24. The molecule has 436 valence electrons.